The molecule has 0 aliphatic carbocycles. The Hall–Kier alpha value is -1.49. The third kappa shape index (κ3) is 3.49. The number of carboxylic acids is 1. The Morgan fingerprint density at radius 2 is 2.14 bits per heavy atom. The van der Waals surface area contributed by atoms with E-state index in [0.29, 0.717) is 18.9 Å². The van der Waals surface area contributed by atoms with E-state index in [4.69, 9.17) is 9.84 Å². The molecule has 0 unspecified atom stereocenters. The molecular weight excluding hydrogens is 184 g/mol. The van der Waals surface area contributed by atoms with E-state index < -0.39 is 5.97 Å². The van der Waals surface area contributed by atoms with Crippen molar-refractivity contribution in [3.8, 4) is 0 Å². The van der Waals surface area contributed by atoms with E-state index in [9.17, 15) is 4.79 Å². The van der Waals surface area contributed by atoms with Gasteiger partial charge in [-0.1, -0.05) is 0 Å². The second kappa shape index (κ2) is 5.29. The Kier molecular flexibility index (Phi) is 4.00. The maximum atomic E-state index is 10.3. The first-order chi connectivity index (χ1) is 6.72. The van der Waals surface area contributed by atoms with Crippen molar-refractivity contribution in [2.45, 2.75) is 19.4 Å². The van der Waals surface area contributed by atoms with Crippen LogP contribution in [-0.4, -0.2) is 28.2 Å². The van der Waals surface area contributed by atoms with Gasteiger partial charge in [0.25, 0.3) is 0 Å². The SMILES string of the molecule is COCc1ncc(CCC(=O)O)cn1. The van der Waals surface area contributed by atoms with Crippen LogP contribution in [0.5, 0.6) is 0 Å². The molecule has 1 N–H and O–H groups in total. The highest BCUT2D eigenvalue weighted by molar-refractivity contribution is 5.67. The molecule has 0 saturated heterocycles. The molecule has 0 saturated carbocycles. The molecule has 1 heterocycles. The summed E-state index contributed by atoms with van der Waals surface area (Å²) in [6.45, 7) is 0.374. The molecule has 0 fully saturated rings. The van der Waals surface area contributed by atoms with Crippen LogP contribution in [0, 0.1) is 0 Å². The number of hydrogen-bond acceptors (Lipinski definition) is 4. The third-order valence-electron chi connectivity index (χ3n) is 1.66. The van der Waals surface area contributed by atoms with Crippen molar-refractivity contribution < 1.29 is 14.6 Å². The maximum absolute atomic E-state index is 10.3. The molecule has 0 aliphatic rings. The fourth-order valence-corrected chi connectivity index (χ4v) is 0.966. The molecule has 5 nitrogen and oxygen atoms in total. The predicted octanol–water partition coefficient (Wildman–Crippen LogP) is 0.640. The van der Waals surface area contributed by atoms with Gasteiger partial charge in [0.15, 0.2) is 5.82 Å². The predicted molar refractivity (Wildman–Crippen MR) is 48.7 cm³/mol. The van der Waals surface area contributed by atoms with Gasteiger partial charge in [0.1, 0.15) is 6.61 Å². The molecule has 14 heavy (non-hydrogen) atoms. The van der Waals surface area contributed by atoms with Crippen molar-refractivity contribution >= 4 is 5.97 Å². The van der Waals surface area contributed by atoms with Crippen LogP contribution in [0.3, 0.4) is 0 Å². The molecule has 76 valence electrons. The standard InChI is InChI=1S/C9H12N2O3/c1-14-6-8-10-4-7(5-11-8)2-3-9(12)13/h4-5H,2-3,6H2,1H3,(H,12,13). The Bertz CT molecular complexity index is 297. The summed E-state index contributed by atoms with van der Waals surface area (Å²) in [6.07, 6.45) is 3.82. The van der Waals surface area contributed by atoms with Gasteiger partial charge in [0, 0.05) is 25.9 Å². The van der Waals surface area contributed by atoms with Crippen LogP contribution in [0.2, 0.25) is 0 Å². The van der Waals surface area contributed by atoms with E-state index in [2.05, 4.69) is 9.97 Å². The number of carboxylic acid groups (broad SMARTS) is 1. The fourth-order valence-electron chi connectivity index (χ4n) is 0.966. The van der Waals surface area contributed by atoms with Gasteiger partial charge in [0.2, 0.25) is 0 Å². The summed E-state index contributed by atoms with van der Waals surface area (Å²) in [4.78, 5) is 18.3. The van der Waals surface area contributed by atoms with Crippen LogP contribution in [-0.2, 0) is 22.6 Å². The Balaban J connectivity index is 2.50. The summed E-state index contributed by atoms with van der Waals surface area (Å²) in [5.74, 6) is -0.211. The molecule has 0 bridgehead atoms. The fraction of sp³-hybridized carbons (Fsp3) is 0.444. The van der Waals surface area contributed by atoms with Crippen LogP contribution in [0.1, 0.15) is 17.8 Å². The first-order valence-corrected chi connectivity index (χ1v) is 4.23. The molecule has 1 aromatic heterocycles. The second-order valence-corrected chi connectivity index (χ2v) is 2.83. The highest BCUT2D eigenvalue weighted by atomic mass is 16.5. The van der Waals surface area contributed by atoms with Crippen LogP contribution in [0.4, 0.5) is 0 Å². The number of hydrogen-bond donors (Lipinski definition) is 1. The zero-order chi connectivity index (χ0) is 10.4. The number of carbonyl (C=O) groups is 1. The van der Waals surface area contributed by atoms with Gasteiger partial charge in [-0.05, 0) is 12.0 Å². The quantitative estimate of drug-likeness (QED) is 0.748. The van der Waals surface area contributed by atoms with Crippen molar-refractivity contribution in [1.29, 1.82) is 0 Å². The third-order valence-corrected chi connectivity index (χ3v) is 1.66. The molecule has 0 radical (unpaired) electrons. The molecule has 0 aliphatic heterocycles. The molecule has 0 spiro atoms. The molecule has 0 atom stereocenters. The average Bonchev–Trinajstić information content (AvgIpc) is 2.17. The highest BCUT2D eigenvalue weighted by Gasteiger charge is 2.00. The number of aromatic nitrogens is 2. The normalized spacial score (nSPS) is 10.1. The van der Waals surface area contributed by atoms with E-state index in [0.717, 1.165) is 5.56 Å². The number of nitrogens with zero attached hydrogens (tertiary/aromatic N) is 2. The van der Waals surface area contributed by atoms with E-state index >= 15 is 0 Å². The summed E-state index contributed by atoms with van der Waals surface area (Å²) in [6, 6.07) is 0. The summed E-state index contributed by atoms with van der Waals surface area (Å²) in [7, 11) is 1.57. The van der Waals surface area contributed by atoms with E-state index in [1.807, 2.05) is 0 Å². The highest BCUT2D eigenvalue weighted by Crippen LogP contribution is 2.00. The van der Waals surface area contributed by atoms with Crippen molar-refractivity contribution in [2.24, 2.45) is 0 Å². The minimum Gasteiger partial charge on any atom is -0.481 e. The molecular formula is C9H12N2O3. The van der Waals surface area contributed by atoms with Gasteiger partial charge in [0.05, 0.1) is 0 Å². The smallest absolute Gasteiger partial charge is 0.303 e. The topological polar surface area (TPSA) is 72.3 Å². The van der Waals surface area contributed by atoms with Crippen LogP contribution in [0.25, 0.3) is 0 Å². The summed E-state index contributed by atoms with van der Waals surface area (Å²) in [5.41, 5.74) is 0.826. The Labute approximate surface area is 81.8 Å². The lowest BCUT2D eigenvalue weighted by Gasteiger charge is -2.00. The number of methoxy groups -OCH3 is 1. The Morgan fingerprint density at radius 3 is 2.64 bits per heavy atom. The molecule has 0 amide bonds. The van der Waals surface area contributed by atoms with Crippen molar-refractivity contribution in [1.82, 2.24) is 9.97 Å². The van der Waals surface area contributed by atoms with Gasteiger partial charge >= 0.3 is 5.97 Å². The molecule has 0 aromatic carbocycles. The van der Waals surface area contributed by atoms with Gasteiger partial charge in [-0.2, -0.15) is 0 Å². The molecule has 1 aromatic rings. The number of aliphatic carboxylic acids is 1. The monoisotopic (exact) mass is 196 g/mol. The minimum atomic E-state index is -0.814. The van der Waals surface area contributed by atoms with Crippen LogP contribution in [0.15, 0.2) is 12.4 Å². The van der Waals surface area contributed by atoms with Gasteiger partial charge < -0.3 is 9.84 Å². The zero-order valence-corrected chi connectivity index (χ0v) is 7.93. The van der Waals surface area contributed by atoms with Crippen molar-refractivity contribution in [3.63, 3.8) is 0 Å². The first-order valence-electron chi connectivity index (χ1n) is 4.23. The van der Waals surface area contributed by atoms with Crippen molar-refractivity contribution in [3.05, 3.63) is 23.8 Å². The van der Waals surface area contributed by atoms with Crippen molar-refractivity contribution in [2.75, 3.05) is 7.11 Å². The summed E-state index contributed by atoms with van der Waals surface area (Å²) in [5, 5.41) is 8.45. The van der Waals surface area contributed by atoms with E-state index in [1.54, 1.807) is 19.5 Å². The number of ether oxygens (including phenoxy) is 1. The first kappa shape index (κ1) is 10.6. The van der Waals surface area contributed by atoms with Crippen LogP contribution >= 0.6 is 0 Å². The number of rotatable bonds is 5. The maximum Gasteiger partial charge on any atom is 0.303 e. The van der Waals surface area contributed by atoms with Gasteiger partial charge in [-0.15, -0.1) is 0 Å². The zero-order valence-electron chi connectivity index (χ0n) is 7.93. The number of aryl methyl sites for hydroxylation is 1. The molecule has 5 heteroatoms. The summed E-state index contributed by atoms with van der Waals surface area (Å²) < 4.78 is 4.85. The van der Waals surface area contributed by atoms with E-state index in [-0.39, 0.29) is 6.42 Å². The largest absolute Gasteiger partial charge is 0.481 e. The summed E-state index contributed by atoms with van der Waals surface area (Å²) >= 11 is 0. The average molecular weight is 196 g/mol. The van der Waals surface area contributed by atoms with Crippen LogP contribution < -0.4 is 0 Å². The second-order valence-electron chi connectivity index (χ2n) is 2.83. The van der Waals surface area contributed by atoms with E-state index in [1.165, 1.54) is 0 Å². The lowest BCUT2D eigenvalue weighted by atomic mass is 10.2. The van der Waals surface area contributed by atoms with Gasteiger partial charge in [-0.25, -0.2) is 9.97 Å². The molecule has 1 rings (SSSR count). The van der Waals surface area contributed by atoms with Gasteiger partial charge in [-0.3, -0.25) is 4.79 Å². The lowest BCUT2D eigenvalue weighted by molar-refractivity contribution is -0.136. The minimum absolute atomic E-state index is 0.104. The Morgan fingerprint density at radius 1 is 1.50 bits per heavy atom. The lowest BCUT2D eigenvalue weighted by Crippen LogP contribution is -2.01.